The minimum absolute atomic E-state index is 0. The van der Waals surface area contributed by atoms with Gasteiger partial charge in [0.2, 0.25) is 5.95 Å². The van der Waals surface area contributed by atoms with Gasteiger partial charge in [0, 0.05) is 71.5 Å². The number of nitrogens with one attached hydrogen (secondary N) is 1. The van der Waals surface area contributed by atoms with Crippen molar-refractivity contribution in [2.45, 2.75) is 19.4 Å². The maximum Gasteiger partial charge on any atom is 0.225 e. The highest BCUT2D eigenvalue weighted by molar-refractivity contribution is 14.0. The Morgan fingerprint density at radius 3 is 2.31 bits per heavy atom. The van der Waals surface area contributed by atoms with E-state index in [9.17, 15) is 0 Å². The largest absolute Gasteiger partial charge is 0.357 e. The van der Waals surface area contributed by atoms with Gasteiger partial charge in [0.05, 0.1) is 0 Å². The smallest absolute Gasteiger partial charge is 0.225 e. The van der Waals surface area contributed by atoms with Crippen LogP contribution in [-0.4, -0.2) is 72.1 Å². The molecule has 0 aromatic carbocycles. The highest BCUT2D eigenvalue weighted by Crippen LogP contribution is 2.17. The number of hydrogen-bond acceptors (Lipinski definition) is 6. The van der Waals surface area contributed by atoms with Crippen LogP contribution in [0.5, 0.6) is 0 Å². The first-order valence-electron chi connectivity index (χ1n) is 10.0. The highest BCUT2D eigenvalue weighted by atomic mass is 127. The van der Waals surface area contributed by atoms with Crippen molar-refractivity contribution < 1.29 is 0 Å². The van der Waals surface area contributed by atoms with Crippen molar-refractivity contribution in [2.75, 3.05) is 56.1 Å². The van der Waals surface area contributed by atoms with Crippen molar-refractivity contribution in [1.82, 2.24) is 25.2 Å². The zero-order chi connectivity index (χ0) is 19.2. The molecule has 0 radical (unpaired) electrons. The quantitative estimate of drug-likeness (QED) is 0.385. The van der Waals surface area contributed by atoms with Crippen LogP contribution < -0.4 is 15.1 Å². The third-order valence-corrected chi connectivity index (χ3v) is 5.32. The fraction of sp³-hybridized carbons (Fsp3) is 0.500. The first kappa shape index (κ1) is 21.5. The SMILES string of the molecule is CN=C(NCc1ccc(N2CCCC2)nc1)N1CCN(c2ncccn2)CC1.I. The zero-order valence-electron chi connectivity index (χ0n) is 16.9. The molecule has 2 aromatic rings. The highest BCUT2D eigenvalue weighted by Gasteiger charge is 2.21. The number of hydrogen-bond donors (Lipinski definition) is 1. The molecule has 2 aromatic heterocycles. The summed E-state index contributed by atoms with van der Waals surface area (Å²) in [6, 6.07) is 6.13. The summed E-state index contributed by atoms with van der Waals surface area (Å²) in [7, 11) is 1.84. The molecule has 8 nitrogen and oxygen atoms in total. The predicted molar refractivity (Wildman–Crippen MR) is 127 cm³/mol. The van der Waals surface area contributed by atoms with E-state index in [4.69, 9.17) is 0 Å². The van der Waals surface area contributed by atoms with Crippen LogP contribution in [-0.2, 0) is 6.54 Å². The molecule has 9 heteroatoms. The minimum atomic E-state index is 0. The van der Waals surface area contributed by atoms with E-state index in [1.807, 2.05) is 19.3 Å². The topological polar surface area (TPSA) is 72.8 Å². The van der Waals surface area contributed by atoms with Crippen LogP contribution in [0.4, 0.5) is 11.8 Å². The molecule has 0 saturated carbocycles. The van der Waals surface area contributed by atoms with Gasteiger partial charge in [-0.1, -0.05) is 6.07 Å². The van der Waals surface area contributed by atoms with Gasteiger partial charge in [0.25, 0.3) is 0 Å². The van der Waals surface area contributed by atoms with E-state index in [1.54, 1.807) is 12.4 Å². The van der Waals surface area contributed by atoms with Gasteiger partial charge in [-0.2, -0.15) is 0 Å². The Bertz CT molecular complexity index is 769. The van der Waals surface area contributed by atoms with E-state index in [-0.39, 0.29) is 24.0 Å². The first-order valence-corrected chi connectivity index (χ1v) is 10.0. The Morgan fingerprint density at radius 1 is 0.966 bits per heavy atom. The van der Waals surface area contributed by atoms with Crippen LogP contribution in [0.1, 0.15) is 18.4 Å². The Morgan fingerprint density at radius 2 is 1.69 bits per heavy atom. The number of guanidine groups is 1. The lowest BCUT2D eigenvalue weighted by atomic mass is 10.2. The molecule has 2 aliphatic heterocycles. The van der Waals surface area contributed by atoms with E-state index in [0.29, 0.717) is 0 Å². The van der Waals surface area contributed by atoms with Crippen molar-refractivity contribution in [3.63, 3.8) is 0 Å². The zero-order valence-corrected chi connectivity index (χ0v) is 19.2. The summed E-state index contributed by atoms with van der Waals surface area (Å²) in [5.74, 6) is 2.82. The lowest BCUT2D eigenvalue weighted by Gasteiger charge is -2.36. The molecule has 0 atom stereocenters. The Labute approximate surface area is 189 Å². The molecule has 29 heavy (non-hydrogen) atoms. The third kappa shape index (κ3) is 5.46. The summed E-state index contributed by atoms with van der Waals surface area (Å²) >= 11 is 0. The van der Waals surface area contributed by atoms with Crippen LogP contribution in [0.3, 0.4) is 0 Å². The molecule has 4 rings (SSSR count). The molecular formula is C20H29IN8. The molecule has 0 spiro atoms. The summed E-state index contributed by atoms with van der Waals surface area (Å²) in [4.78, 5) is 24.6. The summed E-state index contributed by atoms with van der Waals surface area (Å²) in [5, 5.41) is 3.47. The fourth-order valence-electron chi connectivity index (χ4n) is 3.74. The van der Waals surface area contributed by atoms with Gasteiger partial charge in [-0.15, -0.1) is 24.0 Å². The van der Waals surface area contributed by atoms with Crippen molar-refractivity contribution in [3.8, 4) is 0 Å². The van der Waals surface area contributed by atoms with Gasteiger partial charge < -0.3 is 20.0 Å². The van der Waals surface area contributed by atoms with Crippen molar-refractivity contribution in [1.29, 1.82) is 0 Å². The molecule has 0 aliphatic carbocycles. The van der Waals surface area contributed by atoms with Crippen LogP contribution >= 0.6 is 24.0 Å². The number of halogens is 1. The minimum Gasteiger partial charge on any atom is -0.357 e. The number of piperazine rings is 1. The monoisotopic (exact) mass is 508 g/mol. The van der Waals surface area contributed by atoms with Gasteiger partial charge in [-0.05, 0) is 30.5 Å². The van der Waals surface area contributed by atoms with Crippen LogP contribution in [0.15, 0.2) is 41.8 Å². The van der Waals surface area contributed by atoms with Crippen LogP contribution in [0.2, 0.25) is 0 Å². The Balaban J connectivity index is 0.00000240. The second-order valence-electron chi connectivity index (χ2n) is 7.14. The summed E-state index contributed by atoms with van der Waals surface area (Å²) in [6.45, 7) is 6.53. The molecule has 2 aliphatic rings. The number of nitrogens with zero attached hydrogens (tertiary/aromatic N) is 7. The predicted octanol–water partition coefficient (Wildman–Crippen LogP) is 1.99. The van der Waals surface area contributed by atoms with Crippen molar-refractivity contribution >= 4 is 41.7 Å². The first-order chi connectivity index (χ1) is 13.8. The van der Waals surface area contributed by atoms with Gasteiger partial charge in [0.1, 0.15) is 5.82 Å². The number of aromatic nitrogens is 3. The summed E-state index contributed by atoms with van der Waals surface area (Å²) in [6.07, 6.45) is 8.09. The Hall–Kier alpha value is -2.17. The second kappa shape index (κ2) is 10.6. The number of rotatable bonds is 4. The molecule has 2 saturated heterocycles. The number of pyridine rings is 1. The molecule has 156 valence electrons. The van der Waals surface area contributed by atoms with Gasteiger partial charge in [-0.25, -0.2) is 15.0 Å². The van der Waals surface area contributed by atoms with Crippen molar-refractivity contribution in [3.05, 3.63) is 42.4 Å². The van der Waals surface area contributed by atoms with Crippen LogP contribution in [0, 0.1) is 0 Å². The number of anilines is 2. The van der Waals surface area contributed by atoms with E-state index in [0.717, 1.165) is 63.5 Å². The van der Waals surface area contributed by atoms with E-state index in [2.05, 4.69) is 52.1 Å². The average Bonchev–Trinajstić information content (AvgIpc) is 3.31. The maximum atomic E-state index is 4.63. The average molecular weight is 508 g/mol. The molecule has 1 N–H and O–H groups in total. The molecule has 2 fully saturated rings. The van der Waals surface area contributed by atoms with Crippen LogP contribution in [0.25, 0.3) is 0 Å². The summed E-state index contributed by atoms with van der Waals surface area (Å²) in [5.41, 5.74) is 1.17. The fourth-order valence-corrected chi connectivity index (χ4v) is 3.74. The second-order valence-corrected chi connectivity index (χ2v) is 7.14. The maximum absolute atomic E-state index is 4.63. The molecule has 0 amide bonds. The van der Waals surface area contributed by atoms with Gasteiger partial charge in [0.15, 0.2) is 5.96 Å². The van der Waals surface area contributed by atoms with Gasteiger partial charge in [-0.3, -0.25) is 4.99 Å². The third-order valence-electron chi connectivity index (χ3n) is 5.32. The van der Waals surface area contributed by atoms with E-state index in [1.165, 1.54) is 18.4 Å². The molecule has 0 unspecified atom stereocenters. The molecule has 4 heterocycles. The Kier molecular flexibility index (Phi) is 7.84. The molecule has 0 bridgehead atoms. The lowest BCUT2D eigenvalue weighted by molar-refractivity contribution is 0.370. The lowest BCUT2D eigenvalue weighted by Crippen LogP contribution is -2.52. The molecular weight excluding hydrogens is 479 g/mol. The normalized spacial score (nSPS) is 17.3. The standard InChI is InChI=1S/C20H28N8.HI/c1-21-19(27-11-13-28(14-12-27)20-22-7-4-8-23-20)25-16-17-5-6-18(24-15-17)26-9-2-3-10-26;/h4-8,15H,2-3,9-14,16H2,1H3,(H,21,25);1H. The summed E-state index contributed by atoms with van der Waals surface area (Å²) < 4.78 is 0. The van der Waals surface area contributed by atoms with Gasteiger partial charge >= 0.3 is 0 Å². The van der Waals surface area contributed by atoms with E-state index >= 15 is 0 Å². The van der Waals surface area contributed by atoms with E-state index < -0.39 is 0 Å². The number of aliphatic imine (C=N–C) groups is 1. The van der Waals surface area contributed by atoms with Crippen molar-refractivity contribution in [2.24, 2.45) is 4.99 Å².